The fraction of sp³-hybridized carbons (Fsp3) is 0.321. The molecule has 0 radical (unpaired) electrons. The van der Waals surface area contributed by atoms with Crippen molar-refractivity contribution in [1.29, 1.82) is 0 Å². The Hall–Kier alpha value is -3.47. The minimum absolute atomic E-state index is 0.196. The average Bonchev–Trinajstić information content (AvgIpc) is 2.76. The molecule has 0 aliphatic carbocycles. The minimum atomic E-state index is -0.381. The Morgan fingerprint density at radius 1 is 0.788 bits per heavy atom. The third-order valence-electron chi connectivity index (χ3n) is 6.04. The van der Waals surface area contributed by atoms with Crippen LogP contribution in [0.5, 0.6) is 5.75 Å². The second kappa shape index (κ2) is 9.99. The van der Waals surface area contributed by atoms with E-state index in [9.17, 15) is 9.90 Å². The summed E-state index contributed by atoms with van der Waals surface area (Å²) >= 11 is 0. The minimum Gasteiger partial charge on any atom is -0.507 e. The maximum absolute atomic E-state index is 12.7. The van der Waals surface area contributed by atoms with E-state index in [-0.39, 0.29) is 11.7 Å². The molecule has 0 spiro atoms. The highest BCUT2D eigenvalue weighted by atomic mass is 16.5. The molecule has 5 N–H and O–H groups in total. The van der Waals surface area contributed by atoms with E-state index in [1.54, 1.807) is 12.1 Å². The van der Waals surface area contributed by atoms with E-state index >= 15 is 0 Å². The summed E-state index contributed by atoms with van der Waals surface area (Å²) in [5, 5.41) is 11.2. The standard InChI is InChI=1S/C28H34N2O3/c1-6-7-33-28(32)24-14-22(12-20-8-16(2)25(29)17(3)9-20)27(31)23(15-24)13-21-10-18(4)26(30)19(5)11-21/h8-11,14-15,31H,6-7,12-13,29-30H2,1-5H3. The summed E-state index contributed by atoms with van der Waals surface area (Å²) in [6, 6.07) is 11.6. The SMILES string of the molecule is CCCOC(=O)c1cc(Cc2cc(C)c(N)c(C)c2)c(O)c(Cc2cc(C)c(N)c(C)c2)c1. The summed E-state index contributed by atoms with van der Waals surface area (Å²) in [5.74, 6) is -0.185. The summed E-state index contributed by atoms with van der Waals surface area (Å²) in [6.45, 7) is 10.2. The number of phenols is 1. The highest BCUT2D eigenvalue weighted by Gasteiger charge is 2.17. The number of nitrogen functional groups attached to an aromatic ring is 2. The van der Waals surface area contributed by atoms with Crippen LogP contribution in [0, 0.1) is 27.7 Å². The van der Waals surface area contributed by atoms with Crippen molar-refractivity contribution in [3.05, 3.63) is 86.5 Å². The lowest BCUT2D eigenvalue weighted by Gasteiger charge is -2.16. The van der Waals surface area contributed by atoms with Gasteiger partial charge in [-0.3, -0.25) is 0 Å². The van der Waals surface area contributed by atoms with Gasteiger partial charge in [-0.05, 0) is 90.8 Å². The molecule has 0 aliphatic heterocycles. The lowest BCUT2D eigenvalue weighted by Crippen LogP contribution is -2.08. The summed E-state index contributed by atoms with van der Waals surface area (Å²) in [5.41, 5.74) is 21.6. The van der Waals surface area contributed by atoms with Gasteiger partial charge < -0.3 is 21.3 Å². The number of esters is 1. The van der Waals surface area contributed by atoms with Gasteiger partial charge in [0, 0.05) is 24.2 Å². The van der Waals surface area contributed by atoms with Gasteiger partial charge in [0.25, 0.3) is 0 Å². The third-order valence-corrected chi connectivity index (χ3v) is 6.04. The largest absolute Gasteiger partial charge is 0.507 e. The molecule has 0 fully saturated rings. The number of ether oxygens (including phenoxy) is 1. The normalized spacial score (nSPS) is 10.9. The van der Waals surface area contributed by atoms with Crippen molar-refractivity contribution >= 4 is 17.3 Å². The van der Waals surface area contributed by atoms with Crippen molar-refractivity contribution in [3.8, 4) is 5.75 Å². The molecule has 3 aromatic carbocycles. The Labute approximate surface area is 196 Å². The molecule has 3 aromatic rings. The van der Waals surface area contributed by atoms with E-state index in [0.29, 0.717) is 36.1 Å². The Balaban J connectivity index is 2.06. The predicted octanol–water partition coefficient (Wildman–Crippen LogP) is 5.54. The Morgan fingerprint density at radius 2 is 1.18 bits per heavy atom. The second-order valence-electron chi connectivity index (χ2n) is 8.92. The Kier molecular flexibility index (Phi) is 7.32. The topological polar surface area (TPSA) is 98.6 Å². The van der Waals surface area contributed by atoms with Gasteiger partial charge in [-0.2, -0.15) is 0 Å². The zero-order valence-corrected chi connectivity index (χ0v) is 20.2. The molecule has 0 unspecified atom stereocenters. The van der Waals surface area contributed by atoms with Gasteiger partial charge in [0.1, 0.15) is 5.75 Å². The van der Waals surface area contributed by atoms with Crippen molar-refractivity contribution in [3.63, 3.8) is 0 Å². The van der Waals surface area contributed by atoms with E-state index in [1.807, 2.05) is 58.9 Å². The Bertz CT molecular complexity index is 1070. The van der Waals surface area contributed by atoms with Crippen LogP contribution in [0.1, 0.15) is 68.2 Å². The molecule has 5 heteroatoms. The molecule has 0 aliphatic rings. The van der Waals surface area contributed by atoms with Crippen molar-refractivity contribution in [1.82, 2.24) is 0 Å². The highest BCUT2D eigenvalue weighted by Crippen LogP contribution is 2.31. The first-order chi connectivity index (χ1) is 15.6. The quantitative estimate of drug-likeness (QED) is 0.327. The average molecular weight is 447 g/mol. The number of carbonyl (C=O) groups is 1. The number of phenolic OH excluding ortho intramolecular Hbond substituents is 1. The zero-order valence-electron chi connectivity index (χ0n) is 20.2. The van der Waals surface area contributed by atoms with Crippen LogP contribution in [0.25, 0.3) is 0 Å². The number of nitrogens with two attached hydrogens (primary N) is 2. The fourth-order valence-corrected chi connectivity index (χ4v) is 4.20. The monoisotopic (exact) mass is 446 g/mol. The van der Waals surface area contributed by atoms with E-state index < -0.39 is 0 Å². The molecule has 0 heterocycles. The summed E-state index contributed by atoms with van der Waals surface area (Å²) < 4.78 is 5.38. The lowest BCUT2D eigenvalue weighted by molar-refractivity contribution is 0.0505. The zero-order chi connectivity index (χ0) is 24.3. The maximum atomic E-state index is 12.7. The molecule has 3 rings (SSSR count). The van der Waals surface area contributed by atoms with Gasteiger partial charge in [0.05, 0.1) is 12.2 Å². The number of hydrogen-bond donors (Lipinski definition) is 3. The molecule has 0 bridgehead atoms. The molecule has 0 saturated heterocycles. The number of rotatable bonds is 7. The highest BCUT2D eigenvalue weighted by molar-refractivity contribution is 5.90. The molecule has 0 saturated carbocycles. The van der Waals surface area contributed by atoms with Crippen LogP contribution in [0.3, 0.4) is 0 Å². The van der Waals surface area contributed by atoms with E-state index in [0.717, 1.165) is 51.2 Å². The molecular formula is C28H34N2O3. The first-order valence-corrected chi connectivity index (χ1v) is 11.3. The van der Waals surface area contributed by atoms with Crippen molar-refractivity contribution < 1.29 is 14.6 Å². The van der Waals surface area contributed by atoms with Gasteiger partial charge >= 0.3 is 5.97 Å². The number of benzene rings is 3. The van der Waals surface area contributed by atoms with Crippen LogP contribution in [-0.2, 0) is 17.6 Å². The second-order valence-corrected chi connectivity index (χ2v) is 8.92. The first kappa shape index (κ1) is 24.2. The summed E-state index contributed by atoms with van der Waals surface area (Å²) in [6.07, 6.45) is 1.71. The van der Waals surface area contributed by atoms with Gasteiger partial charge in [-0.15, -0.1) is 0 Å². The molecule has 0 amide bonds. The molecule has 33 heavy (non-hydrogen) atoms. The van der Waals surface area contributed by atoms with Crippen molar-refractivity contribution in [2.45, 2.75) is 53.9 Å². The van der Waals surface area contributed by atoms with Crippen LogP contribution in [0.15, 0.2) is 36.4 Å². The summed E-state index contributed by atoms with van der Waals surface area (Å²) in [7, 11) is 0. The maximum Gasteiger partial charge on any atom is 0.338 e. The first-order valence-electron chi connectivity index (χ1n) is 11.3. The number of aryl methyl sites for hydroxylation is 4. The van der Waals surface area contributed by atoms with E-state index in [2.05, 4.69) is 0 Å². The third kappa shape index (κ3) is 5.48. The number of hydrogen-bond acceptors (Lipinski definition) is 5. The van der Waals surface area contributed by atoms with Crippen molar-refractivity contribution in [2.75, 3.05) is 18.1 Å². The molecule has 0 atom stereocenters. The van der Waals surface area contributed by atoms with Gasteiger partial charge in [-0.1, -0.05) is 31.2 Å². The van der Waals surface area contributed by atoms with Gasteiger partial charge in [0.15, 0.2) is 0 Å². The number of anilines is 2. The summed E-state index contributed by atoms with van der Waals surface area (Å²) in [4.78, 5) is 12.7. The van der Waals surface area contributed by atoms with E-state index in [4.69, 9.17) is 16.2 Å². The molecule has 174 valence electrons. The van der Waals surface area contributed by atoms with Crippen LogP contribution in [0.4, 0.5) is 11.4 Å². The van der Waals surface area contributed by atoms with Crippen LogP contribution in [-0.4, -0.2) is 17.7 Å². The van der Waals surface area contributed by atoms with Gasteiger partial charge in [0.2, 0.25) is 0 Å². The van der Waals surface area contributed by atoms with Crippen LogP contribution >= 0.6 is 0 Å². The number of aromatic hydroxyl groups is 1. The number of carbonyl (C=O) groups excluding carboxylic acids is 1. The van der Waals surface area contributed by atoms with Crippen LogP contribution < -0.4 is 11.5 Å². The van der Waals surface area contributed by atoms with Gasteiger partial charge in [-0.25, -0.2) is 4.79 Å². The predicted molar refractivity (Wildman–Crippen MR) is 135 cm³/mol. The smallest absolute Gasteiger partial charge is 0.338 e. The molecular weight excluding hydrogens is 412 g/mol. The van der Waals surface area contributed by atoms with E-state index in [1.165, 1.54) is 0 Å². The lowest BCUT2D eigenvalue weighted by atomic mass is 9.92. The van der Waals surface area contributed by atoms with Crippen LogP contribution in [0.2, 0.25) is 0 Å². The van der Waals surface area contributed by atoms with Crippen molar-refractivity contribution in [2.24, 2.45) is 0 Å². The molecule has 5 nitrogen and oxygen atoms in total. The fourth-order valence-electron chi connectivity index (χ4n) is 4.20. The molecule has 0 aromatic heterocycles. The Morgan fingerprint density at radius 3 is 1.55 bits per heavy atom.